The van der Waals surface area contributed by atoms with Crippen molar-refractivity contribution in [2.24, 2.45) is 0 Å². The van der Waals surface area contributed by atoms with Gasteiger partial charge in [0, 0.05) is 30.6 Å². The Labute approximate surface area is 126 Å². The van der Waals surface area contributed by atoms with Gasteiger partial charge in [-0.15, -0.1) is 11.3 Å². The van der Waals surface area contributed by atoms with Gasteiger partial charge in [-0.05, 0) is 39.7 Å². The minimum absolute atomic E-state index is 0.393. The van der Waals surface area contributed by atoms with Gasteiger partial charge in [0.05, 0.1) is 12.3 Å². The first-order chi connectivity index (χ1) is 9.67. The molecule has 1 aromatic rings. The standard InChI is InChI=1S/C15H27N3OS/c1-5-8-16-11(2)14-12(3)17-15(20-14)18(9-10-19-4)13-6-7-13/h11,13,16H,5-10H2,1-4H3. The van der Waals surface area contributed by atoms with Gasteiger partial charge in [0.15, 0.2) is 5.13 Å². The van der Waals surface area contributed by atoms with Gasteiger partial charge in [-0.3, -0.25) is 0 Å². The Bertz CT molecular complexity index is 417. The van der Waals surface area contributed by atoms with E-state index in [1.807, 2.05) is 11.3 Å². The van der Waals surface area contributed by atoms with E-state index < -0.39 is 0 Å². The van der Waals surface area contributed by atoms with Gasteiger partial charge >= 0.3 is 0 Å². The molecule has 0 spiro atoms. The van der Waals surface area contributed by atoms with Crippen LogP contribution in [0.25, 0.3) is 0 Å². The smallest absolute Gasteiger partial charge is 0.186 e. The second-order valence-electron chi connectivity index (χ2n) is 5.54. The molecular formula is C15H27N3OS. The van der Waals surface area contributed by atoms with Crippen molar-refractivity contribution in [2.45, 2.75) is 52.1 Å². The average molecular weight is 297 g/mol. The average Bonchev–Trinajstić information content (AvgIpc) is 3.19. The van der Waals surface area contributed by atoms with Crippen LogP contribution in [0.15, 0.2) is 0 Å². The van der Waals surface area contributed by atoms with E-state index in [0.717, 1.165) is 26.1 Å². The van der Waals surface area contributed by atoms with Gasteiger partial charge in [-0.2, -0.15) is 0 Å². The van der Waals surface area contributed by atoms with E-state index in [0.29, 0.717) is 12.1 Å². The molecule has 0 aromatic carbocycles. The van der Waals surface area contributed by atoms with E-state index in [9.17, 15) is 0 Å². The number of ether oxygens (including phenoxy) is 1. The van der Waals surface area contributed by atoms with Crippen molar-refractivity contribution in [3.8, 4) is 0 Å². The zero-order valence-corrected chi connectivity index (χ0v) is 13.9. The normalized spacial score (nSPS) is 16.4. The number of nitrogens with one attached hydrogen (secondary N) is 1. The lowest BCUT2D eigenvalue weighted by Crippen LogP contribution is -2.29. The van der Waals surface area contributed by atoms with E-state index in [2.05, 4.69) is 31.0 Å². The monoisotopic (exact) mass is 297 g/mol. The number of rotatable bonds is 9. The molecule has 1 saturated carbocycles. The van der Waals surface area contributed by atoms with E-state index in [4.69, 9.17) is 9.72 Å². The highest BCUT2D eigenvalue weighted by Gasteiger charge is 2.31. The first kappa shape index (κ1) is 15.7. The number of methoxy groups -OCH3 is 1. The topological polar surface area (TPSA) is 37.4 Å². The zero-order chi connectivity index (χ0) is 14.5. The highest BCUT2D eigenvalue weighted by Crippen LogP contribution is 2.36. The van der Waals surface area contributed by atoms with Crippen molar-refractivity contribution in [1.82, 2.24) is 10.3 Å². The highest BCUT2D eigenvalue weighted by molar-refractivity contribution is 7.15. The van der Waals surface area contributed by atoms with Crippen molar-refractivity contribution in [1.29, 1.82) is 0 Å². The molecule has 1 heterocycles. The molecule has 1 aliphatic carbocycles. The van der Waals surface area contributed by atoms with Crippen LogP contribution >= 0.6 is 11.3 Å². The molecule has 4 nitrogen and oxygen atoms in total. The summed E-state index contributed by atoms with van der Waals surface area (Å²) < 4.78 is 5.23. The van der Waals surface area contributed by atoms with Crippen LogP contribution in [0, 0.1) is 6.92 Å². The summed E-state index contributed by atoms with van der Waals surface area (Å²) in [4.78, 5) is 8.60. The molecule has 20 heavy (non-hydrogen) atoms. The fourth-order valence-corrected chi connectivity index (χ4v) is 3.57. The number of anilines is 1. The van der Waals surface area contributed by atoms with Crippen LogP contribution in [0.3, 0.4) is 0 Å². The molecule has 114 valence electrons. The minimum atomic E-state index is 0.393. The molecule has 1 N–H and O–H groups in total. The molecule has 0 bridgehead atoms. The van der Waals surface area contributed by atoms with Crippen LogP contribution in [0.4, 0.5) is 5.13 Å². The Morgan fingerprint density at radius 2 is 2.25 bits per heavy atom. The van der Waals surface area contributed by atoms with Gasteiger partial charge in [0.2, 0.25) is 0 Å². The Balaban J connectivity index is 2.07. The molecule has 1 fully saturated rings. The van der Waals surface area contributed by atoms with Gasteiger partial charge in [0.1, 0.15) is 0 Å². The SMILES string of the molecule is CCCNC(C)c1sc(N(CCOC)C2CC2)nc1C. The quantitative estimate of drug-likeness (QED) is 0.760. The summed E-state index contributed by atoms with van der Waals surface area (Å²) in [5.74, 6) is 0. The lowest BCUT2D eigenvalue weighted by molar-refractivity contribution is 0.205. The summed E-state index contributed by atoms with van der Waals surface area (Å²) in [7, 11) is 1.76. The molecule has 0 radical (unpaired) electrons. The summed E-state index contributed by atoms with van der Waals surface area (Å²) in [5.41, 5.74) is 1.17. The third kappa shape index (κ3) is 3.93. The second-order valence-corrected chi connectivity index (χ2v) is 6.55. The molecule has 2 rings (SSSR count). The molecule has 1 atom stereocenters. The molecule has 1 unspecified atom stereocenters. The van der Waals surface area contributed by atoms with Crippen LogP contribution in [0.5, 0.6) is 0 Å². The Morgan fingerprint density at radius 3 is 2.85 bits per heavy atom. The highest BCUT2D eigenvalue weighted by atomic mass is 32.1. The van der Waals surface area contributed by atoms with Crippen molar-refractivity contribution >= 4 is 16.5 Å². The number of aromatic nitrogens is 1. The summed E-state index contributed by atoms with van der Waals surface area (Å²) in [6.45, 7) is 9.34. The third-order valence-corrected chi connectivity index (χ3v) is 5.06. The third-order valence-electron chi connectivity index (χ3n) is 3.68. The lowest BCUT2D eigenvalue weighted by atomic mass is 10.2. The lowest BCUT2D eigenvalue weighted by Gasteiger charge is -2.20. The Morgan fingerprint density at radius 1 is 1.50 bits per heavy atom. The van der Waals surface area contributed by atoms with Crippen molar-refractivity contribution in [2.75, 3.05) is 31.7 Å². The fourth-order valence-electron chi connectivity index (χ4n) is 2.38. The maximum absolute atomic E-state index is 5.23. The maximum atomic E-state index is 5.23. The molecule has 1 aromatic heterocycles. The van der Waals surface area contributed by atoms with Crippen LogP contribution in [-0.4, -0.2) is 37.8 Å². The fraction of sp³-hybridized carbons (Fsp3) is 0.800. The van der Waals surface area contributed by atoms with Crippen molar-refractivity contribution in [3.05, 3.63) is 10.6 Å². The molecule has 0 aliphatic heterocycles. The van der Waals surface area contributed by atoms with Crippen molar-refractivity contribution in [3.63, 3.8) is 0 Å². The predicted molar refractivity (Wildman–Crippen MR) is 85.8 cm³/mol. The Hall–Kier alpha value is -0.650. The van der Waals surface area contributed by atoms with Crippen LogP contribution in [0.1, 0.15) is 49.7 Å². The van der Waals surface area contributed by atoms with Gasteiger partial charge in [0.25, 0.3) is 0 Å². The largest absolute Gasteiger partial charge is 0.383 e. The number of hydrogen-bond acceptors (Lipinski definition) is 5. The first-order valence-electron chi connectivity index (χ1n) is 7.63. The number of nitrogens with zero attached hydrogens (tertiary/aromatic N) is 2. The Kier molecular flexibility index (Phi) is 5.81. The van der Waals surface area contributed by atoms with E-state index in [1.54, 1.807) is 7.11 Å². The van der Waals surface area contributed by atoms with Gasteiger partial charge in [-0.1, -0.05) is 6.92 Å². The van der Waals surface area contributed by atoms with E-state index in [-0.39, 0.29) is 0 Å². The summed E-state index contributed by atoms with van der Waals surface area (Å²) in [6.07, 6.45) is 3.75. The number of thiazole rings is 1. The van der Waals surface area contributed by atoms with Gasteiger partial charge < -0.3 is 15.0 Å². The molecule has 5 heteroatoms. The first-order valence-corrected chi connectivity index (χ1v) is 8.45. The van der Waals surface area contributed by atoms with Crippen LogP contribution in [0.2, 0.25) is 0 Å². The maximum Gasteiger partial charge on any atom is 0.186 e. The minimum Gasteiger partial charge on any atom is -0.383 e. The number of hydrogen-bond donors (Lipinski definition) is 1. The number of aryl methyl sites for hydroxylation is 1. The molecular weight excluding hydrogens is 270 g/mol. The molecule has 0 saturated heterocycles. The van der Waals surface area contributed by atoms with E-state index in [1.165, 1.54) is 28.5 Å². The summed E-state index contributed by atoms with van der Waals surface area (Å²) >= 11 is 1.84. The van der Waals surface area contributed by atoms with Crippen molar-refractivity contribution < 1.29 is 4.74 Å². The zero-order valence-electron chi connectivity index (χ0n) is 13.1. The predicted octanol–water partition coefficient (Wildman–Crippen LogP) is 3.13. The van der Waals surface area contributed by atoms with Crippen LogP contribution < -0.4 is 10.2 Å². The second kappa shape index (κ2) is 7.38. The van der Waals surface area contributed by atoms with E-state index >= 15 is 0 Å². The molecule has 0 amide bonds. The summed E-state index contributed by atoms with van der Waals surface area (Å²) in [6, 6.07) is 1.08. The molecule has 1 aliphatic rings. The van der Waals surface area contributed by atoms with Gasteiger partial charge in [-0.25, -0.2) is 4.98 Å². The van der Waals surface area contributed by atoms with Crippen LogP contribution in [-0.2, 0) is 4.74 Å². The summed E-state index contributed by atoms with van der Waals surface area (Å²) in [5, 5.41) is 4.73.